The van der Waals surface area contributed by atoms with Gasteiger partial charge in [-0.25, -0.2) is 0 Å². The fourth-order valence-corrected chi connectivity index (χ4v) is 8.66. The summed E-state index contributed by atoms with van der Waals surface area (Å²) in [4.78, 5) is 0. The Morgan fingerprint density at radius 3 is 1.33 bits per heavy atom. The van der Waals surface area contributed by atoms with E-state index in [4.69, 9.17) is 4.52 Å². The van der Waals surface area contributed by atoms with Crippen molar-refractivity contribution in [2.24, 2.45) is 0 Å². The molecule has 2 heteroatoms. The molecule has 3 aromatic rings. The van der Waals surface area contributed by atoms with Crippen LogP contribution in [0.2, 0.25) is 0 Å². The zero-order valence-electron chi connectivity index (χ0n) is 14.4. The van der Waals surface area contributed by atoms with Gasteiger partial charge in [0.25, 0.3) is 0 Å². The van der Waals surface area contributed by atoms with Crippen LogP contribution in [0.25, 0.3) is 0 Å². The first-order chi connectivity index (χ1) is 11.7. The molecule has 24 heavy (non-hydrogen) atoms. The summed E-state index contributed by atoms with van der Waals surface area (Å²) in [5.74, 6) is 0.951. The van der Waals surface area contributed by atoms with Crippen LogP contribution in [0, 0.1) is 0 Å². The molecule has 0 saturated carbocycles. The fourth-order valence-electron chi connectivity index (χ4n) is 3.62. The van der Waals surface area contributed by atoms with Crippen molar-refractivity contribution < 1.29 is 4.52 Å². The Kier molecular flexibility index (Phi) is 4.73. The number of benzene rings is 3. The number of hydrogen-bond acceptors (Lipinski definition) is 1. The molecule has 0 aromatic heterocycles. The molecule has 3 aromatic carbocycles. The summed E-state index contributed by atoms with van der Waals surface area (Å²) in [6.45, 7) is 1.75. The second kappa shape index (κ2) is 6.79. The molecule has 0 amide bonds. The summed E-state index contributed by atoms with van der Waals surface area (Å²) in [7, 11) is 0. The van der Waals surface area contributed by atoms with E-state index in [2.05, 4.69) is 86.6 Å². The number of rotatable bonds is 6. The quantitative estimate of drug-likeness (QED) is 0.561. The van der Waals surface area contributed by atoms with E-state index in [1.54, 1.807) is 0 Å². The summed E-state index contributed by atoms with van der Waals surface area (Å²) in [6.07, 6.45) is 1.95. The van der Waals surface area contributed by atoms with Crippen LogP contribution in [0.1, 0.15) is 13.8 Å². The van der Waals surface area contributed by atoms with Crippen molar-refractivity contribution >= 4 is 17.4 Å². The molecule has 0 saturated heterocycles. The van der Waals surface area contributed by atoms with Crippen molar-refractivity contribution in [1.29, 1.82) is 0 Å². The topological polar surface area (TPSA) is 9.23 Å². The van der Waals surface area contributed by atoms with E-state index in [-0.39, 0.29) is 0 Å². The van der Waals surface area contributed by atoms with E-state index in [1.807, 2.05) is 18.2 Å². The van der Waals surface area contributed by atoms with Gasteiger partial charge in [0.1, 0.15) is 0 Å². The van der Waals surface area contributed by atoms with Crippen LogP contribution in [-0.4, -0.2) is 12.3 Å². The molecule has 0 unspecified atom stereocenters. The Bertz CT molecular complexity index is 721. The predicted molar refractivity (Wildman–Crippen MR) is 107 cm³/mol. The van der Waals surface area contributed by atoms with Crippen molar-refractivity contribution in [2.45, 2.75) is 13.8 Å². The average molecular weight is 336 g/mol. The predicted octanol–water partition coefficient (Wildman–Crippen LogP) is 5.22. The molecule has 0 aliphatic heterocycles. The summed E-state index contributed by atoms with van der Waals surface area (Å²) < 4.78 is 6.99. The van der Waals surface area contributed by atoms with Crippen molar-refractivity contribution in [1.82, 2.24) is 0 Å². The van der Waals surface area contributed by atoms with Gasteiger partial charge < -0.3 is 0 Å². The molecule has 0 aliphatic rings. The van der Waals surface area contributed by atoms with Gasteiger partial charge in [-0.3, -0.25) is 0 Å². The maximum atomic E-state index is 6.99. The summed E-state index contributed by atoms with van der Waals surface area (Å²) in [6, 6.07) is 31.9. The van der Waals surface area contributed by atoms with E-state index in [1.165, 1.54) is 10.6 Å². The van der Waals surface area contributed by atoms with Crippen molar-refractivity contribution in [3.63, 3.8) is 0 Å². The van der Waals surface area contributed by atoms with E-state index >= 15 is 0 Å². The molecule has 0 aliphatic carbocycles. The minimum atomic E-state index is -2.79. The van der Waals surface area contributed by atoms with Gasteiger partial charge in [-0.15, -0.1) is 0 Å². The Morgan fingerprint density at radius 2 is 0.958 bits per heavy atom. The normalized spacial score (nSPS) is 13.0. The summed E-state index contributed by atoms with van der Waals surface area (Å²) in [5.41, 5.74) is 0. The summed E-state index contributed by atoms with van der Waals surface area (Å²) in [5, 5.41) is 2.65. The van der Waals surface area contributed by atoms with E-state index in [9.17, 15) is 0 Å². The summed E-state index contributed by atoms with van der Waals surface area (Å²) >= 11 is 0. The fraction of sp³-hybridized carbons (Fsp3) is 0.182. The zero-order valence-corrected chi connectivity index (χ0v) is 15.3. The molecule has 3 rings (SSSR count). The number of para-hydroxylation sites is 1. The second-order valence-corrected chi connectivity index (χ2v) is 11.4. The van der Waals surface area contributed by atoms with Gasteiger partial charge in [0, 0.05) is 0 Å². The van der Waals surface area contributed by atoms with Gasteiger partial charge in [0.05, 0.1) is 0 Å². The van der Waals surface area contributed by atoms with E-state index < -0.39 is 6.83 Å². The number of hydrogen-bond donors (Lipinski definition) is 0. The monoisotopic (exact) mass is 336 g/mol. The second-order valence-electron chi connectivity index (χ2n) is 6.12. The van der Waals surface area contributed by atoms with Gasteiger partial charge in [-0.2, -0.15) is 0 Å². The third-order valence-electron chi connectivity index (χ3n) is 5.12. The van der Waals surface area contributed by atoms with Gasteiger partial charge >= 0.3 is 145 Å². The van der Waals surface area contributed by atoms with Gasteiger partial charge in [0.15, 0.2) is 0 Å². The van der Waals surface area contributed by atoms with Crippen LogP contribution in [0.5, 0.6) is 5.75 Å². The van der Waals surface area contributed by atoms with Gasteiger partial charge in [0.2, 0.25) is 0 Å². The SMILES string of the molecule is CCP(CC)(Oc1ccccc1)(c1ccccc1)c1ccccc1. The molecular formula is C22H25OP. The Hall–Kier alpha value is -2.11. The minimum absolute atomic E-state index is 0.951. The molecule has 0 atom stereocenters. The van der Waals surface area contributed by atoms with Crippen molar-refractivity contribution in [3.05, 3.63) is 91.0 Å². The molecule has 0 N–H and O–H groups in total. The van der Waals surface area contributed by atoms with Crippen LogP contribution >= 0.6 is 6.83 Å². The van der Waals surface area contributed by atoms with E-state index in [0.29, 0.717) is 0 Å². The Morgan fingerprint density at radius 1 is 0.583 bits per heavy atom. The molecule has 0 fully saturated rings. The molecule has 124 valence electrons. The average Bonchev–Trinajstić information content (AvgIpc) is 2.69. The standard InChI is InChI=1S/C22H25OP/c1-3-24(4-2,21-16-10-6-11-17-21,22-18-12-7-13-19-22)23-20-14-8-5-9-15-20/h5-19H,3-4H2,1-2H3. The van der Waals surface area contributed by atoms with E-state index in [0.717, 1.165) is 18.1 Å². The molecule has 1 nitrogen and oxygen atoms in total. The van der Waals surface area contributed by atoms with Gasteiger partial charge in [-0.1, -0.05) is 0 Å². The third-order valence-corrected chi connectivity index (χ3v) is 11.4. The van der Waals surface area contributed by atoms with Crippen LogP contribution < -0.4 is 15.1 Å². The van der Waals surface area contributed by atoms with Crippen molar-refractivity contribution in [2.75, 3.05) is 12.3 Å². The molecule has 0 radical (unpaired) electrons. The van der Waals surface area contributed by atoms with Crippen LogP contribution in [0.15, 0.2) is 91.0 Å². The Balaban J connectivity index is 2.30. The molecule has 0 heterocycles. The molecule has 0 bridgehead atoms. The van der Waals surface area contributed by atoms with Crippen LogP contribution in [0.4, 0.5) is 0 Å². The third kappa shape index (κ3) is 2.64. The molecule has 0 spiro atoms. The van der Waals surface area contributed by atoms with Crippen LogP contribution in [0.3, 0.4) is 0 Å². The van der Waals surface area contributed by atoms with Crippen molar-refractivity contribution in [3.8, 4) is 5.75 Å². The zero-order chi connectivity index (χ0) is 16.9. The first-order valence-corrected chi connectivity index (χ1v) is 11.1. The van der Waals surface area contributed by atoms with Gasteiger partial charge in [-0.05, 0) is 0 Å². The Labute approximate surface area is 145 Å². The first kappa shape index (κ1) is 16.7. The first-order valence-electron chi connectivity index (χ1n) is 8.61. The van der Waals surface area contributed by atoms with Crippen LogP contribution in [-0.2, 0) is 0 Å². The maximum absolute atomic E-state index is 6.99. The molecular weight excluding hydrogens is 311 g/mol.